The Kier molecular flexibility index (Phi) is 11.0. The van der Waals surface area contributed by atoms with Crippen molar-refractivity contribution in [1.29, 1.82) is 0 Å². The quantitative estimate of drug-likeness (QED) is 0.336. The molecule has 1 aromatic carbocycles. The number of hydrogen-bond acceptors (Lipinski definition) is 10. The molecule has 5 atom stereocenters. The molecule has 0 spiro atoms. The summed E-state index contributed by atoms with van der Waals surface area (Å²) in [5, 5.41) is 9.58. The maximum atomic E-state index is 13.0. The van der Waals surface area contributed by atoms with Gasteiger partial charge >= 0.3 is 0 Å². The van der Waals surface area contributed by atoms with Crippen LogP contribution >= 0.6 is 0 Å². The Morgan fingerprint density at radius 2 is 1.48 bits per heavy atom. The molecule has 10 heteroatoms. The van der Waals surface area contributed by atoms with Crippen LogP contribution < -0.4 is 0 Å². The summed E-state index contributed by atoms with van der Waals surface area (Å²) in [5.74, 6) is -0.714. The van der Waals surface area contributed by atoms with Crippen LogP contribution in [0.3, 0.4) is 0 Å². The first-order valence-electron chi connectivity index (χ1n) is 8.53. The lowest BCUT2D eigenvalue weighted by Gasteiger charge is -2.32. The fourth-order valence-corrected chi connectivity index (χ4v) is 2.30. The van der Waals surface area contributed by atoms with Crippen LogP contribution in [-0.4, -0.2) is 70.4 Å². The molecule has 0 saturated heterocycles. The Labute approximate surface area is 158 Å². The second-order valence-corrected chi connectivity index (χ2v) is 5.08. The predicted octanol–water partition coefficient (Wildman–Crippen LogP) is 0.577. The Hall–Kier alpha value is -1.47. The molecule has 1 unspecified atom stereocenters. The van der Waals surface area contributed by atoms with Crippen molar-refractivity contribution in [3.63, 3.8) is 0 Å². The highest BCUT2D eigenvalue weighted by atomic mass is 17.2. The van der Waals surface area contributed by atoms with E-state index in [1.54, 1.807) is 30.3 Å². The maximum absolute atomic E-state index is 13.0. The lowest BCUT2D eigenvalue weighted by molar-refractivity contribution is -0.435. The summed E-state index contributed by atoms with van der Waals surface area (Å²) >= 11 is 0. The molecule has 0 radical (unpaired) electrons. The first-order chi connectivity index (χ1) is 13.5. The summed E-state index contributed by atoms with van der Waals surface area (Å²) in [6, 6.07) is 8.41. The van der Waals surface area contributed by atoms with E-state index in [9.17, 15) is 9.90 Å². The van der Waals surface area contributed by atoms with Crippen LogP contribution in [0.2, 0.25) is 0 Å². The molecule has 0 aliphatic carbocycles. The second kappa shape index (κ2) is 13.7. The van der Waals surface area contributed by atoms with Gasteiger partial charge in [-0.25, -0.2) is 39.1 Å². The van der Waals surface area contributed by atoms with Gasteiger partial charge in [-0.1, -0.05) is 30.3 Å². The van der Waals surface area contributed by atoms with Crippen LogP contribution in [-0.2, 0) is 50.3 Å². The van der Waals surface area contributed by atoms with E-state index in [1.807, 2.05) is 0 Å². The van der Waals surface area contributed by atoms with Crippen molar-refractivity contribution in [2.24, 2.45) is 0 Å². The smallest absolute Gasteiger partial charge is 0.183 e. The molecule has 1 N–H and O–H groups in total. The van der Waals surface area contributed by atoms with Crippen molar-refractivity contribution >= 4 is 5.78 Å². The molecule has 0 aliphatic rings. The Balaban J connectivity index is 3.21. The number of aliphatic hydroxyl groups is 1. The third kappa shape index (κ3) is 7.58. The van der Waals surface area contributed by atoms with Crippen LogP contribution in [0.15, 0.2) is 30.3 Å². The van der Waals surface area contributed by atoms with Crippen molar-refractivity contribution in [1.82, 2.24) is 0 Å². The van der Waals surface area contributed by atoms with E-state index >= 15 is 0 Å². The molecule has 1 rings (SSSR count). The largest absolute Gasteiger partial charge is 0.393 e. The highest BCUT2D eigenvalue weighted by Crippen LogP contribution is 2.20. The normalized spacial score (nSPS) is 17.6. The van der Waals surface area contributed by atoms with Gasteiger partial charge in [0.2, 0.25) is 0 Å². The van der Waals surface area contributed by atoms with Gasteiger partial charge in [-0.05, 0) is 5.56 Å². The van der Waals surface area contributed by atoms with E-state index < -0.39 is 43.2 Å². The number of carbonyl (C=O) groups is 1. The van der Waals surface area contributed by atoms with Crippen molar-refractivity contribution in [3.8, 4) is 0 Å². The topological polar surface area (TPSA) is 111 Å². The molecule has 1 aromatic rings. The van der Waals surface area contributed by atoms with Gasteiger partial charge < -0.3 is 5.11 Å². The molecular formula is C17H26O10. The molecule has 0 aromatic heterocycles. The van der Waals surface area contributed by atoms with Crippen molar-refractivity contribution in [2.75, 3.05) is 35.0 Å². The minimum atomic E-state index is -1.50. The molecule has 0 fully saturated rings. The summed E-state index contributed by atoms with van der Waals surface area (Å²) in [7, 11) is 4.82. The first-order valence-corrected chi connectivity index (χ1v) is 7.95. The van der Waals surface area contributed by atoms with Crippen molar-refractivity contribution in [3.05, 3.63) is 35.9 Å². The SMILES string of the molecule is [2H]C(C(=O)[C@H](OOC)[C@@H](OOC)[C@H](OOC)[C@@H](CO)OOC)c1ccccc1. The molecule has 0 aliphatic heterocycles. The molecule has 0 amide bonds. The summed E-state index contributed by atoms with van der Waals surface area (Å²) in [6.07, 6.45) is -6.59. The Bertz CT molecular complexity index is 546. The number of Topliss-reactive ketones (excluding diaryl/α,β-unsaturated/α-hetero) is 1. The van der Waals surface area contributed by atoms with Gasteiger partial charge in [0.05, 0.1) is 35.0 Å². The fourth-order valence-electron chi connectivity index (χ4n) is 2.30. The molecule has 27 heavy (non-hydrogen) atoms. The lowest BCUT2D eigenvalue weighted by Crippen LogP contribution is -2.53. The summed E-state index contributed by atoms with van der Waals surface area (Å²) < 4.78 is 8.27. The minimum absolute atomic E-state index is 0.435. The van der Waals surface area contributed by atoms with E-state index in [4.69, 9.17) is 25.8 Å². The summed E-state index contributed by atoms with van der Waals surface area (Å²) in [5.41, 5.74) is 0.435. The fraction of sp³-hybridized carbons (Fsp3) is 0.588. The maximum Gasteiger partial charge on any atom is 0.183 e. The Morgan fingerprint density at radius 1 is 0.926 bits per heavy atom. The van der Waals surface area contributed by atoms with E-state index in [1.165, 1.54) is 28.4 Å². The average molecular weight is 391 g/mol. The summed E-state index contributed by atoms with van der Waals surface area (Å²) in [6.45, 7) is -0.581. The van der Waals surface area contributed by atoms with Crippen LogP contribution in [0, 0.1) is 0 Å². The molecule has 0 bridgehead atoms. The number of carbonyl (C=O) groups excluding carboxylic acids is 1. The van der Waals surface area contributed by atoms with E-state index in [-0.39, 0.29) is 0 Å². The van der Waals surface area contributed by atoms with Crippen LogP contribution in [0.5, 0.6) is 0 Å². The van der Waals surface area contributed by atoms with E-state index in [2.05, 4.69) is 14.7 Å². The van der Waals surface area contributed by atoms with Crippen molar-refractivity contribution in [2.45, 2.75) is 30.8 Å². The number of benzene rings is 1. The van der Waals surface area contributed by atoms with Gasteiger partial charge in [0.25, 0.3) is 0 Å². The molecule has 154 valence electrons. The third-order valence-electron chi connectivity index (χ3n) is 3.39. The number of rotatable bonds is 15. The van der Waals surface area contributed by atoms with Gasteiger partial charge in [-0.3, -0.25) is 4.79 Å². The van der Waals surface area contributed by atoms with Crippen LogP contribution in [0.25, 0.3) is 0 Å². The third-order valence-corrected chi connectivity index (χ3v) is 3.39. The van der Waals surface area contributed by atoms with E-state index in [0.29, 0.717) is 5.56 Å². The van der Waals surface area contributed by atoms with Gasteiger partial charge in [0.1, 0.15) is 6.10 Å². The zero-order valence-corrected chi connectivity index (χ0v) is 15.6. The minimum Gasteiger partial charge on any atom is -0.393 e. The van der Waals surface area contributed by atoms with Gasteiger partial charge in [-0.15, -0.1) is 0 Å². The predicted molar refractivity (Wildman–Crippen MR) is 89.8 cm³/mol. The van der Waals surface area contributed by atoms with Crippen LogP contribution in [0.4, 0.5) is 0 Å². The molecule has 0 saturated carbocycles. The average Bonchev–Trinajstić information content (AvgIpc) is 2.73. The number of ketones is 1. The first kappa shape index (κ1) is 21.8. The molecular weight excluding hydrogens is 364 g/mol. The Morgan fingerprint density at radius 3 is 2.00 bits per heavy atom. The molecule has 10 nitrogen and oxygen atoms in total. The standard InChI is InChI=1S/C17H26O10/c1-20-24-14(11-18)16(26-22-3)17(27-23-4)15(25-21-2)13(19)10-12-8-6-5-7-9-12/h5-9,14-18H,10-11H2,1-4H3/t14-,15+,16-,17-/m1/s1/i10D/t10?,14-,15+,16-,17-. The number of aliphatic hydroxyl groups excluding tert-OH is 1. The highest BCUT2D eigenvalue weighted by Gasteiger charge is 2.44. The van der Waals surface area contributed by atoms with Gasteiger partial charge in [0, 0.05) is 7.77 Å². The highest BCUT2D eigenvalue weighted by molar-refractivity contribution is 5.85. The van der Waals surface area contributed by atoms with Gasteiger partial charge in [-0.2, -0.15) is 0 Å². The second-order valence-electron chi connectivity index (χ2n) is 5.08. The van der Waals surface area contributed by atoms with Gasteiger partial charge in [0.15, 0.2) is 24.1 Å². The zero-order valence-electron chi connectivity index (χ0n) is 16.6. The number of hydrogen-bond donors (Lipinski definition) is 1. The molecule has 0 heterocycles. The monoisotopic (exact) mass is 391 g/mol. The zero-order chi connectivity index (χ0) is 20.9. The summed E-state index contributed by atoms with van der Waals surface area (Å²) in [4.78, 5) is 51.9. The van der Waals surface area contributed by atoms with Crippen molar-refractivity contribution < 1.29 is 50.4 Å². The van der Waals surface area contributed by atoms with Crippen LogP contribution in [0.1, 0.15) is 6.93 Å². The lowest BCUT2D eigenvalue weighted by atomic mass is 9.96. The van der Waals surface area contributed by atoms with E-state index in [0.717, 1.165) is 0 Å².